The van der Waals surface area contributed by atoms with E-state index in [1.165, 1.54) is 0 Å². The molecule has 0 aliphatic carbocycles. The highest BCUT2D eigenvalue weighted by atomic mass is 32.2. The van der Waals surface area contributed by atoms with Crippen molar-refractivity contribution < 1.29 is 8.42 Å². The van der Waals surface area contributed by atoms with Crippen LogP contribution < -0.4 is 0 Å². The molecule has 0 radical (unpaired) electrons. The normalized spacial score (nSPS) is 22.2. The number of nitrogens with zero attached hydrogens (tertiary/aromatic N) is 1. The van der Waals surface area contributed by atoms with Gasteiger partial charge in [0, 0.05) is 5.75 Å². The highest BCUT2D eigenvalue weighted by Crippen LogP contribution is 2.13. The summed E-state index contributed by atoms with van der Waals surface area (Å²) >= 11 is 3.83. The number of aliphatic imine (C=N–C) groups is 1. The van der Waals surface area contributed by atoms with Crippen LogP contribution >= 0.6 is 12.6 Å². The number of rotatable bonds is 1. The van der Waals surface area contributed by atoms with Crippen molar-refractivity contribution in [3.63, 3.8) is 0 Å². The summed E-state index contributed by atoms with van der Waals surface area (Å²) in [6.07, 6.45) is 0. The Hall–Kier alpha value is -0.290. The van der Waals surface area contributed by atoms with Crippen LogP contribution in [0.1, 0.15) is 6.92 Å². The molecule has 1 aliphatic heterocycles. The first-order valence-electron chi connectivity index (χ1n) is 2.68. The molecule has 1 heterocycles. The summed E-state index contributed by atoms with van der Waals surface area (Å²) < 4.78 is 21.9. The van der Waals surface area contributed by atoms with Crippen molar-refractivity contribution in [2.24, 2.45) is 4.99 Å². The molecule has 0 saturated heterocycles. The Bertz CT molecular complexity index is 300. The van der Waals surface area contributed by atoms with Gasteiger partial charge in [-0.25, -0.2) is 13.4 Å². The first kappa shape index (κ1) is 7.81. The molecule has 1 aliphatic rings. The van der Waals surface area contributed by atoms with Crippen LogP contribution in [-0.2, 0) is 9.84 Å². The molecule has 0 bridgehead atoms. The van der Waals surface area contributed by atoms with Gasteiger partial charge in [0.15, 0.2) is 0 Å². The van der Waals surface area contributed by atoms with Gasteiger partial charge in [0.1, 0.15) is 5.04 Å². The molecule has 0 aromatic heterocycles. The highest BCUT2D eigenvalue weighted by molar-refractivity contribution is 8.10. The summed E-state index contributed by atoms with van der Waals surface area (Å²) in [6.45, 7) is 1.65. The topological polar surface area (TPSA) is 46.5 Å². The Morgan fingerprint density at radius 2 is 2.30 bits per heavy atom. The maximum atomic E-state index is 10.9. The number of allylic oxidation sites excluding steroid dienone is 1. The van der Waals surface area contributed by atoms with Crippen molar-refractivity contribution in [1.29, 1.82) is 0 Å². The number of hydrogen-bond acceptors (Lipinski definition) is 4. The molecule has 0 amide bonds. The summed E-state index contributed by atoms with van der Waals surface area (Å²) in [4.78, 5) is 3.77. The van der Waals surface area contributed by atoms with Crippen LogP contribution in [0.3, 0.4) is 0 Å². The van der Waals surface area contributed by atoms with E-state index in [1.54, 1.807) is 6.92 Å². The SMILES string of the molecule is CC1=CS(=O)(=O)C(CS)=N1. The second kappa shape index (κ2) is 2.39. The minimum atomic E-state index is -3.17. The fraction of sp³-hybridized carbons (Fsp3) is 0.400. The van der Waals surface area contributed by atoms with Gasteiger partial charge in [-0.2, -0.15) is 12.6 Å². The van der Waals surface area contributed by atoms with E-state index < -0.39 is 9.84 Å². The monoisotopic (exact) mass is 177 g/mol. The predicted octanol–water partition coefficient (Wildman–Crippen LogP) is 0.604. The van der Waals surface area contributed by atoms with Crippen molar-refractivity contribution in [2.45, 2.75) is 6.92 Å². The van der Waals surface area contributed by atoms with Crippen LogP contribution in [0.15, 0.2) is 16.1 Å². The number of hydrogen-bond donors (Lipinski definition) is 1. The third-order valence-corrected chi connectivity index (χ3v) is 3.15. The van der Waals surface area contributed by atoms with Gasteiger partial charge in [0.25, 0.3) is 0 Å². The maximum absolute atomic E-state index is 10.9. The van der Waals surface area contributed by atoms with E-state index in [9.17, 15) is 8.42 Å². The molecule has 0 aromatic carbocycles. The Balaban J connectivity index is 3.15. The Labute approximate surface area is 65.2 Å². The van der Waals surface area contributed by atoms with Crippen LogP contribution in [0.5, 0.6) is 0 Å². The standard InChI is InChI=1S/C5H7NO2S2/c1-4-3-10(7,8)5(2-9)6-4/h3,9H,2H2,1H3. The van der Waals surface area contributed by atoms with Crippen molar-refractivity contribution in [3.05, 3.63) is 11.1 Å². The molecule has 0 atom stereocenters. The lowest BCUT2D eigenvalue weighted by Crippen LogP contribution is -2.09. The Morgan fingerprint density at radius 3 is 2.50 bits per heavy atom. The first-order chi connectivity index (χ1) is 4.56. The van der Waals surface area contributed by atoms with Gasteiger partial charge in [0.05, 0.1) is 11.1 Å². The van der Waals surface area contributed by atoms with Crippen LogP contribution in [-0.4, -0.2) is 19.2 Å². The average Bonchev–Trinajstić information content (AvgIpc) is 2.04. The zero-order valence-electron chi connectivity index (χ0n) is 5.40. The molecule has 0 aromatic rings. The van der Waals surface area contributed by atoms with E-state index in [-0.39, 0.29) is 10.8 Å². The average molecular weight is 177 g/mol. The molecule has 0 fully saturated rings. The van der Waals surface area contributed by atoms with Gasteiger partial charge in [-0.15, -0.1) is 0 Å². The summed E-state index contributed by atoms with van der Waals surface area (Å²) in [5.41, 5.74) is 0.532. The smallest absolute Gasteiger partial charge is 0.215 e. The zero-order chi connectivity index (χ0) is 7.78. The Morgan fingerprint density at radius 1 is 1.70 bits per heavy atom. The molecular weight excluding hydrogens is 170 g/mol. The van der Waals surface area contributed by atoms with Gasteiger partial charge in [-0.1, -0.05) is 0 Å². The van der Waals surface area contributed by atoms with Gasteiger partial charge >= 0.3 is 0 Å². The van der Waals surface area contributed by atoms with Gasteiger partial charge in [0.2, 0.25) is 9.84 Å². The van der Waals surface area contributed by atoms with Crippen LogP contribution in [0.25, 0.3) is 0 Å². The third-order valence-electron chi connectivity index (χ3n) is 1.09. The minimum Gasteiger partial charge on any atom is -0.244 e. The molecule has 3 nitrogen and oxygen atoms in total. The fourth-order valence-electron chi connectivity index (χ4n) is 0.705. The Kier molecular flexibility index (Phi) is 1.87. The fourth-order valence-corrected chi connectivity index (χ4v) is 2.40. The van der Waals surface area contributed by atoms with Crippen molar-refractivity contribution in [3.8, 4) is 0 Å². The molecule has 0 spiro atoms. The third kappa shape index (κ3) is 1.24. The molecule has 0 N–H and O–H groups in total. The molecule has 0 unspecified atom stereocenters. The second-order valence-electron chi connectivity index (χ2n) is 1.97. The lowest BCUT2D eigenvalue weighted by Gasteiger charge is -1.90. The molecule has 56 valence electrons. The van der Waals surface area contributed by atoms with E-state index in [0.717, 1.165) is 5.41 Å². The van der Waals surface area contributed by atoms with E-state index in [0.29, 0.717) is 5.70 Å². The quantitative estimate of drug-likeness (QED) is 0.596. The van der Waals surface area contributed by atoms with Crippen LogP contribution in [0, 0.1) is 0 Å². The summed E-state index contributed by atoms with van der Waals surface area (Å²) in [5, 5.41) is 1.30. The summed E-state index contributed by atoms with van der Waals surface area (Å²) in [6, 6.07) is 0. The summed E-state index contributed by atoms with van der Waals surface area (Å²) in [7, 11) is -3.17. The van der Waals surface area contributed by atoms with E-state index in [1.807, 2.05) is 0 Å². The van der Waals surface area contributed by atoms with Gasteiger partial charge in [-0.05, 0) is 6.92 Å². The van der Waals surface area contributed by atoms with Crippen LogP contribution in [0.4, 0.5) is 0 Å². The van der Waals surface area contributed by atoms with Crippen molar-refractivity contribution in [2.75, 3.05) is 5.75 Å². The largest absolute Gasteiger partial charge is 0.244 e. The van der Waals surface area contributed by atoms with Gasteiger partial charge in [-0.3, -0.25) is 0 Å². The minimum absolute atomic E-state index is 0.147. The zero-order valence-corrected chi connectivity index (χ0v) is 7.11. The van der Waals surface area contributed by atoms with E-state index in [4.69, 9.17) is 0 Å². The lowest BCUT2D eigenvalue weighted by atomic mass is 10.6. The highest BCUT2D eigenvalue weighted by Gasteiger charge is 2.20. The molecular formula is C5H7NO2S2. The van der Waals surface area contributed by atoms with Gasteiger partial charge < -0.3 is 0 Å². The number of sulfone groups is 1. The van der Waals surface area contributed by atoms with Crippen molar-refractivity contribution >= 4 is 27.5 Å². The van der Waals surface area contributed by atoms with Crippen LogP contribution in [0.2, 0.25) is 0 Å². The lowest BCUT2D eigenvalue weighted by molar-refractivity contribution is 0.615. The second-order valence-corrected chi connectivity index (χ2v) is 4.08. The van der Waals surface area contributed by atoms with E-state index in [2.05, 4.69) is 17.6 Å². The number of thiol groups is 1. The summed E-state index contributed by atoms with van der Waals surface area (Å²) in [5.74, 6) is 0.177. The first-order valence-corrected chi connectivity index (χ1v) is 4.86. The van der Waals surface area contributed by atoms with E-state index >= 15 is 0 Å². The van der Waals surface area contributed by atoms with Crippen molar-refractivity contribution in [1.82, 2.24) is 0 Å². The molecule has 10 heavy (non-hydrogen) atoms. The molecule has 5 heteroatoms. The molecule has 1 rings (SSSR count). The predicted molar refractivity (Wildman–Crippen MR) is 44.0 cm³/mol. The molecule has 0 saturated carbocycles. The maximum Gasteiger partial charge on any atom is 0.215 e.